The number of carboxylic acid groups (broad SMARTS) is 1. The van der Waals surface area contributed by atoms with Gasteiger partial charge in [0.1, 0.15) is 5.25 Å². The number of anilines is 2. The van der Waals surface area contributed by atoms with Crippen molar-refractivity contribution < 1.29 is 19.5 Å². The fourth-order valence-electron chi connectivity index (χ4n) is 4.69. The highest BCUT2D eigenvalue weighted by Gasteiger charge is 2.34. The summed E-state index contributed by atoms with van der Waals surface area (Å²) < 4.78 is 0. The largest absolute Gasteiger partial charge is 0.481 e. The third-order valence-electron chi connectivity index (χ3n) is 6.77. The molecule has 6 nitrogen and oxygen atoms in total. The van der Waals surface area contributed by atoms with Gasteiger partial charge < -0.3 is 15.7 Å². The molecule has 4 rings (SSSR count). The van der Waals surface area contributed by atoms with Crippen LogP contribution in [-0.4, -0.2) is 22.9 Å². The molecule has 3 atom stereocenters. The highest BCUT2D eigenvalue weighted by Crippen LogP contribution is 2.38. The van der Waals surface area contributed by atoms with Crippen molar-refractivity contribution >= 4 is 40.9 Å². The Morgan fingerprint density at radius 3 is 2.34 bits per heavy atom. The molecule has 0 saturated heterocycles. The van der Waals surface area contributed by atoms with Crippen molar-refractivity contribution in [2.24, 2.45) is 11.8 Å². The second-order valence-electron chi connectivity index (χ2n) is 9.37. The Balaban J connectivity index is 1.55. The van der Waals surface area contributed by atoms with Crippen molar-refractivity contribution in [1.29, 1.82) is 0 Å². The minimum atomic E-state index is -0.963. The maximum Gasteiger partial charge on any atom is 0.307 e. The van der Waals surface area contributed by atoms with Gasteiger partial charge in [-0.3, -0.25) is 14.4 Å². The molecule has 38 heavy (non-hydrogen) atoms. The number of amides is 2. The molecule has 0 bridgehead atoms. The van der Waals surface area contributed by atoms with Gasteiger partial charge in [-0.05, 0) is 61.1 Å². The SMILES string of the molecule is CCc1cccc(C)c1NC(=O)C(Sc1cccc(NC(=O)C2CC=CCC2C(=O)O)c1)c1ccccc1. The molecule has 3 aromatic rings. The van der Waals surface area contributed by atoms with E-state index in [0.29, 0.717) is 18.5 Å². The number of hydrogen-bond donors (Lipinski definition) is 3. The van der Waals surface area contributed by atoms with Gasteiger partial charge in [0.2, 0.25) is 11.8 Å². The summed E-state index contributed by atoms with van der Waals surface area (Å²) in [4.78, 5) is 39.0. The highest BCUT2D eigenvalue weighted by molar-refractivity contribution is 8.00. The first-order chi connectivity index (χ1) is 18.4. The third-order valence-corrected chi connectivity index (χ3v) is 8.02. The zero-order valence-corrected chi connectivity index (χ0v) is 22.3. The number of rotatable bonds is 9. The van der Waals surface area contributed by atoms with Crippen LogP contribution in [0.3, 0.4) is 0 Å². The quantitative estimate of drug-likeness (QED) is 0.214. The standard InChI is InChI=1S/C31H32N2O4S/c1-3-21-14-9-11-20(2)27(21)33-30(35)28(22-12-5-4-6-13-22)38-24-16-10-15-23(19-24)32-29(34)25-17-7-8-18-26(25)31(36)37/h4-16,19,25-26,28H,3,17-18H2,1-2H3,(H,32,34)(H,33,35)(H,36,37). The van der Waals surface area contributed by atoms with Crippen LogP contribution in [0.1, 0.15) is 41.7 Å². The molecule has 7 heteroatoms. The Bertz CT molecular complexity index is 1340. The molecule has 3 N–H and O–H groups in total. The summed E-state index contributed by atoms with van der Waals surface area (Å²) in [6.07, 6.45) is 5.22. The van der Waals surface area contributed by atoms with E-state index in [2.05, 4.69) is 17.6 Å². The van der Waals surface area contributed by atoms with Crippen molar-refractivity contribution in [3.8, 4) is 0 Å². The van der Waals surface area contributed by atoms with E-state index in [0.717, 1.165) is 33.7 Å². The van der Waals surface area contributed by atoms with E-state index in [1.165, 1.54) is 11.8 Å². The maximum absolute atomic E-state index is 13.6. The Morgan fingerprint density at radius 2 is 1.63 bits per heavy atom. The molecule has 196 valence electrons. The molecule has 0 aliphatic heterocycles. The summed E-state index contributed by atoms with van der Waals surface area (Å²) in [5.41, 5.74) is 4.37. The predicted octanol–water partition coefficient (Wildman–Crippen LogP) is 6.64. The first-order valence-electron chi connectivity index (χ1n) is 12.8. The lowest BCUT2D eigenvalue weighted by Crippen LogP contribution is -2.34. The van der Waals surface area contributed by atoms with Crippen LogP contribution in [0.25, 0.3) is 0 Å². The molecule has 0 spiro atoms. The number of para-hydroxylation sites is 1. The minimum absolute atomic E-state index is 0.127. The number of aliphatic carboxylic acids is 1. The van der Waals surface area contributed by atoms with Gasteiger partial charge in [-0.2, -0.15) is 0 Å². The number of aryl methyl sites for hydroxylation is 2. The number of nitrogens with one attached hydrogen (secondary N) is 2. The Kier molecular flexibility index (Phi) is 9.02. The van der Waals surface area contributed by atoms with E-state index in [4.69, 9.17) is 0 Å². The molecule has 0 aromatic heterocycles. The average molecular weight is 529 g/mol. The van der Waals surface area contributed by atoms with E-state index in [1.54, 1.807) is 6.07 Å². The summed E-state index contributed by atoms with van der Waals surface area (Å²) in [6.45, 7) is 4.05. The predicted molar refractivity (Wildman–Crippen MR) is 152 cm³/mol. The smallest absolute Gasteiger partial charge is 0.307 e. The van der Waals surface area contributed by atoms with Gasteiger partial charge in [0.05, 0.1) is 11.8 Å². The monoisotopic (exact) mass is 528 g/mol. The fourth-order valence-corrected chi connectivity index (χ4v) is 5.77. The topological polar surface area (TPSA) is 95.5 Å². The normalized spacial score (nSPS) is 17.4. The Labute approximate surface area is 227 Å². The maximum atomic E-state index is 13.6. The molecular weight excluding hydrogens is 496 g/mol. The summed E-state index contributed by atoms with van der Waals surface area (Å²) >= 11 is 1.40. The molecule has 0 fully saturated rings. The molecule has 1 aliphatic carbocycles. The minimum Gasteiger partial charge on any atom is -0.481 e. The lowest BCUT2D eigenvalue weighted by Gasteiger charge is -2.24. The van der Waals surface area contributed by atoms with Crippen LogP contribution in [0.15, 0.2) is 89.8 Å². The van der Waals surface area contributed by atoms with Gasteiger partial charge >= 0.3 is 5.97 Å². The first-order valence-corrected chi connectivity index (χ1v) is 13.6. The molecule has 0 radical (unpaired) electrons. The summed E-state index contributed by atoms with van der Waals surface area (Å²) in [7, 11) is 0. The summed E-state index contributed by atoms with van der Waals surface area (Å²) in [5.74, 6) is -2.77. The van der Waals surface area contributed by atoms with Crippen molar-refractivity contribution in [3.05, 3.63) is 102 Å². The van der Waals surface area contributed by atoms with Crippen molar-refractivity contribution in [1.82, 2.24) is 0 Å². The van der Waals surface area contributed by atoms with Crippen molar-refractivity contribution in [3.63, 3.8) is 0 Å². The van der Waals surface area contributed by atoms with E-state index >= 15 is 0 Å². The molecule has 3 aromatic carbocycles. The fraction of sp³-hybridized carbons (Fsp3) is 0.258. The van der Waals surface area contributed by atoms with Crippen molar-refractivity contribution in [2.45, 2.75) is 43.3 Å². The summed E-state index contributed by atoms with van der Waals surface area (Å²) in [5, 5.41) is 15.1. The first kappa shape index (κ1) is 27.2. The van der Waals surface area contributed by atoms with E-state index < -0.39 is 23.1 Å². The Hall–Kier alpha value is -3.84. The Morgan fingerprint density at radius 1 is 0.921 bits per heavy atom. The van der Waals surface area contributed by atoms with Crippen LogP contribution >= 0.6 is 11.8 Å². The van der Waals surface area contributed by atoms with Crippen LogP contribution in [0.4, 0.5) is 11.4 Å². The van der Waals surface area contributed by atoms with E-state index in [-0.39, 0.29) is 11.8 Å². The zero-order chi connectivity index (χ0) is 27.1. The lowest BCUT2D eigenvalue weighted by atomic mass is 9.82. The summed E-state index contributed by atoms with van der Waals surface area (Å²) in [6, 6.07) is 22.9. The number of carbonyl (C=O) groups excluding carboxylic acids is 2. The number of carbonyl (C=O) groups is 3. The van der Waals surface area contributed by atoms with Crippen LogP contribution in [0.5, 0.6) is 0 Å². The number of benzene rings is 3. The van der Waals surface area contributed by atoms with Gasteiger partial charge in [-0.15, -0.1) is 11.8 Å². The van der Waals surface area contributed by atoms with Gasteiger partial charge in [0.25, 0.3) is 0 Å². The highest BCUT2D eigenvalue weighted by atomic mass is 32.2. The number of hydrogen-bond acceptors (Lipinski definition) is 4. The molecular formula is C31H32N2O4S. The molecule has 1 aliphatic rings. The van der Waals surface area contributed by atoms with E-state index in [9.17, 15) is 19.5 Å². The van der Waals surface area contributed by atoms with Gasteiger partial charge in [-0.25, -0.2) is 0 Å². The van der Waals surface area contributed by atoms with Crippen LogP contribution in [-0.2, 0) is 20.8 Å². The zero-order valence-electron chi connectivity index (χ0n) is 21.5. The van der Waals surface area contributed by atoms with E-state index in [1.807, 2.05) is 85.8 Å². The number of carboxylic acids is 1. The van der Waals surface area contributed by atoms with Gasteiger partial charge in [0.15, 0.2) is 0 Å². The van der Waals surface area contributed by atoms with Crippen molar-refractivity contribution in [2.75, 3.05) is 10.6 Å². The second-order valence-corrected chi connectivity index (χ2v) is 10.6. The van der Waals surface area contributed by atoms with Gasteiger partial charge in [-0.1, -0.05) is 73.7 Å². The van der Waals surface area contributed by atoms with Crippen LogP contribution < -0.4 is 10.6 Å². The second kappa shape index (κ2) is 12.6. The molecule has 0 heterocycles. The van der Waals surface area contributed by atoms with Gasteiger partial charge in [0, 0.05) is 16.3 Å². The molecule has 2 amide bonds. The lowest BCUT2D eigenvalue weighted by molar-refractivity contribution is -0.146. The average Bonchev–Trinajstić information content (AvgIpc) is 2.93. The van der Waals surface area contributed by atoms with Crippen LogP contribution in [0.2, 0.25) is 0 Å². The third kappa shape index (κ3) is 6.53. The number of allylic oxidation sites excluding steroid dienone is 2. The molecule has 3 unspecified atom stereocenters. The number of thioether (sulfide) groups is 1. The van der Waals surface area contributed by atoms with Crippen LogP contribution in [0, 0.1) is 18.8 Å². The molecule has 0 saturated carbocycles.